The van der Waals surface area contributed by atoms with E-state index in [0.717, 1.165) is 16.1 Å². The highest BCUT2D eigenvalue weighted by atomic mass is 35.5. The number of nitrogens with zero attached hydrogens (tertiary/aromatic N) is 2. The molecule has 10 heteroatoms. The number of anilines is 1. The van der Waals surface area contributed by atoms with E-state index in [9.17, 15) is 13.2 Å². The summed E-state index contributed by atoms with van der Waals surface area (Å²) in [5, 5.41) is 4.63. The molecule has 0 aliphatic rings. The van der Waals surface area contributed by atoms with E-state index in [4.69, 9.17) is 21.1 Å². The number of carbonyl (C=O) groups is 1. The Bertz CT molecular complexity index is 1560. The molecule has 0 aromatic heterocycles. The highest BCUT2D eigenvalue weighted by Crippen LogP contribution is 2.27. The Labute approximate surface area is 238 Å². The molecule has 206 valence electrons. The van der Waals surface area contributed by atoms with Gasteiger partial charge >= 0.3 is 0 Å². The van der Waals surface area contributed by atoms with E-state index in [2.05, 4.69) is 10.5 Å². The van der Waals surface area contributed by atoms with Crippen molar-refractivity contribution in [3.63, 3.8) is 0 Å². The largest absolute Gasteiger partial charge is 0.489 e. The molecule has 4 aromatic rings. The lowest BCUT2D eigenvalue weighted by Gasteiger charge is -2.27. The van der Waals surface area contributed by atoms with Crippen molar-refractivity contribution in [2.45, 2.75) is 19.6 Å². The van der Waals surface area contributed by atoms with Gasteiger partial charge in [-0.25, -0.2) is 13.8 Å². The quantitative estimate of drug-likeness (QED) is 0.174. The van der Waals surface area contributed by atoms with E-state index < -0.39 is 22.0 Å². The summed E-state index contributed by atoms with van der Waals surface area (Å²) in [6.45, 7) is 1.83. The van der Waals surface area contributed by atoms with Crippen LogP contribution in [0.15, 0.2) is 108 Å². The van der Waals surface area contributed by atoms with Crippen molar-refractivity contribution in [2.75, 3.05) is 10.6 Å². The Kier molecular flexibility index (Phi) is 9.42. The zero-order valence-electron chi connectivity index (χ0n) is 21.9. The van der Waals surface area contributed by atoms with Gasteiger partial charge in [-0.15, -0.1) is 0 Å². The summed E-state index contributed by atoms with van der Waals surface area (Å²) in [6.07, 6.45) is 2.51. The van der Waals surface area contributed by atoms with Crippen LogP contribution in [0.4, 0.5) is 5.69 Å². The Morgan fingerprint density at radius 2 is 1.50 bits per heavy atom. The molecule has 0 saturated carbocycles. The first-order valence-corrected chi connectivity index (χ1v) is 14.5. The molecular formula is C30H28ClN3O5S. The molecule has 0 heterocycles. The molecule has 40 heavy (non-hydrogen) atoms. The molecule has 8 nitrogen and oxygen atoms in total. The number of hydrogen-bond donors (Lipinski definition) is 1. The fourth-order valence-corrected chi connectivity index (χ4v) is 5.15. The lowest BCUT2D eigenvalue weighted by molar-refractivity contribution is -0.121. The highest BCUT2D eigenvalue weighted by Gasteiger charge is 2.29. The molecule has 0 aliphatic carbocycles. The van der Waals surface area contributed by atoms with Crippen LogP contribution < -0.4 is 19.2 Å². The van der Waals surface area contributed by atoms with Gasteiger partial charge in [-0.1, -0.05) is 48.0 Å². The lowest BCUT2D eigenvalue weighted by atomic mass is 10.2. The Morgan fingerprint density at radius 3 is 2.15 bits per heavy atom. The van der Waals surface area contributed by atoms with Crippen LogP contribution in [0, 0.1) is 0 Å². The Balaban J connectivity index is 1.35. The van der Waals surface area contributed by atoms with Gasteiger partial charge < -0.3 is 9.47 Å². The van der Waals surface area contributed by atoms with E-state index >= 15 is 0 Å². The fourth-order valence-electron chi connectivity index (χ4n) is 3.79. The first kappa shape index (κ1) is 28.7. The zero-order valence-corrected chi connectivity index (χ0v) is 23.5. The first-order chi connectivity index (χ1) is 19.2. The van der Waals surface area contributed by atoms with Crippen molar-refractivity contribution < 1.29 is 22.7 Å². The van der Waals surface area contributed by atoms with Gasteiger partial charge in [0.05, 0.1) is 18.2 Å². The standard InChI is InChI=1S/C30H28ClN3O5S/c1-22(34(40(2,36)37)25-14-18-28(19-15-25)39-27-9-4-3-5-10-27)30(35)33-32-20-23-12-16-26(17-13-23)38-21-24-8-6-7-11-29(24)31/h3-20,22H,21H2,1-2H3,(H,33,35)/b32-20-/t22-/m0/s1. The van der Waals surface area contributed by atoms with E-state index in [1.54, 1.807) is 48.5 Å². The average molecular weight is 578 g/mol. The van der Waals surface area contributed by atoms with Crippen molar-refractivity contribution in [3.8, 4) is 17.2 Å². The molecule has 0 saturated heterocycles. The lowest BCUT2D eigenvalue weighted by Crippen LogP contribution is -2.46. The maximum Gasteiger partial charge on any atom is 0.263 e. The van der Waals surface area contributed by atoms with Gasteiger partial charge in [0.15, 0.2) is 0 Å². The molecular weight excluding hydrogens is 550 g/mol. The SMILES string of the molecule is C[C@@H](C(=O)N/N=C\c1ccc(OCc2ccccc2Cl)cc1)N(c1ccc(Oc2ccccc2)cc1)S(C)(=O)=O. The smallest absolute Gasteiger partial charge is 0.263 e. The molecule has 0 spiro atoms. The van der Waals surface area contributed by atoms with Crippen LogP contribution in [-0.4, -0.2) is 32.8 Å². The van der Waals surface area contributed by atoms with Crippen molar-refractivity contribution in [2.24, 2.45) is 5.10 Å². The fraction of sp³-hybridized carbons (Fsp3) is 0.133. The van der Waals surface area contributed by atoms with E-state index in [0.29, 0.717) is 40.1 Å². The van der Waals surface area contributed by atoms with Gasteiger partial charge in [0.25, 0.3) is 5.91 Å². The van der Waals surface area contributed by atoms with Crippen LogP contribution in [0.1, 0.15) is 18.1 Å². The number of sulfonamides is 1. The number of para-hydroxylation sites is 1. The summed E-state index contributed by atoms with van der Waals surface area (Å²) in [5.74, 6) is 1.25. The molecule has 4 rings (SSSR count). The summed E-state index contributed by atoms with van der Waals surface area (Å²) in [5.41, 5.74) is 4.34. The second-order valence-corrected chi connectivity index (χ2v) is 11.1. The number of amides is 1. The Hall–Kier alpha value is -4.34. The normalized spacial score (nSPS) is 12.1. The number of nitrogens with one attached hydrogen (secondary N) is 1. The van der Waals surface area contributed by atoms with E-state index in [1.807, 2.05) is 54.6 Å². The molecule has 4 aromatic carbocycles. The minimum atomic E-state index is -3.79. The van der Waals surface area contributed by atoms with Crippen LogP contribution in [0.25, 0.3) is 0 Å². The number of ether oxygens (including phenoxy) is 2. The predicted molar refractivity (Wildman–Crippen MR) is 158 cm³/mol. The molecule has 0 aliphatic heterocycles. The third-order valence-corrected chi connectivity index (χ3v) is 7.39. The minimum absolute atomic E-state index is 0.321. The van der Waals surface area contributed by atoms with Crippen molar-refractivity contribution in [1.82, 2.24) is 5.43 Å². The van der Waals surface area contributed by atoms with Crippen LogP contribution in [0.2, 0.25) is 5.02 Å². The van der Waals surface area contributed by atoms with E-state index in [1.165, 1.54) is 13.1 Å². The van der Waals surface area contributed by atoms with Gasteiger partial charge in [0, 0.05) is 10.6 Å². The van der Waals surface area contributed by atoms with Gasteiger partial charge in [-0.2, -0.15) is 5.10 Å². The second-order valence-electron chi connectivity index (χ2n) is 8.83. The summed E-state index contributed by atoms with van der Waals surface area (Å²) in [4.78, 5) is 12.8. The maximum absolute atomic E-state index is 12.8. The third-order valence-electron chi connectivity index (χ3n) is 5.78. The molecule has 0 unspecified atom stereocenters. The van der Waals surface area contributed by atoms with Crippen molar-refractivity contribution in [3.05, 3.63) is 119 Å². The summed E-state index contributed by atoms with van der Waals surface area (Å²) >= 11 is 6.16. The molecule has 1 atom stereocenters. The van der Waals surface area contributed by atoms with Crippen LogP contribution in [0.3, 0.4) is 0 Å². The predicted octanol–water partition coefficient (Wildman–Crippen LogP) is 6.02. The Morgan fingerprint density at radius 1 is 0.900 bits per heavy atom. The van der Waals surface area contributed by atoms with Crippen molar-refractivity contribution in [1.29, 1.82) is 0 Å². The molecule has 1 N–H and O–H groups in total. The average Bonchev–Trinajstić information content (AvgIpc) is 2.94. The number of benzene rings is 4. The van der Waals surface area contributed by atoms with Gasteiger partial charge in [0.1, 0.15) is 29.9 Å². The highest BCUT2D eigenvalue weighted by molar-refractivity contribution is 7.92. The van der Waals surface area contributed by atoms with Gasteiger partial charge in [-0.3, -0.25) is 9.10 Å². The van der Waals surface area contributed by atoms with Crippen LogP contribution in [-0.2, 0) is 21.4 Å². The maximum atomic E-state index is 12.8. The zero-order chi connectivity index (χ0) is 28.5. The number of halogens is 1. The van der Waals surface area contributed by atoms with E-state index in [-0.39, 0.29) is 0 Å². The summed E-state index contributed by atoms with van der Waals surface area (Å²) in [6, 6.07) is 29.2. The minimum Gasteiger partial charge on any atom is -0.489 e. The first-order valence-electron chi connectivity index (χ1n) is 12.3. The van der Waals surface area contributed by atoms with Gasteiger partial charge in [-0.05, 0) is 79.2 Å². The molecule has 0 fully saturated rings. The van der Waals surface area contributed by atoms with Gasteiger partial charge in [0.2, 0.25) is 10.0 Å². The molecule has 0 bridgehead atoms. The second kappa shape index (κ2) is 13.1. The third kappa shape index (κ3) is 7.84. The molecule has 1 amide bonds. The topological polar surface area (TPSA) is 97.3 Å². The number of hydrazone groups is 1. The number of hydrogen-bond acceptors (Lipinski definition) is 6. The van der Waals surface area contributed by atoms with Crippen LogP contribution in [0.5, 0.6) is 17.2 Å². The number of carbonyl (C=O) groups excluding carboxylic acids is 1. The van der Waals surface area contributed by atoms with Crippen molar-refractivity contribution >= 4 is 39.4 Å². The summed E-state index contributed by atoms with van der Waals surface area (Å²) in [7, 11) is -3.79. The molecule has 0 radical (unpaired) electrons. The monoisotopic (exact) mass is 577 g/mol. The number of rotatable bonds is 11. The summed E-state index contributed by atoms with van der Waals surface area (Å²) < 4.78 is 37.8. The van der Waals surface area contributed by atoms with Crippen LogP contribution >= 0.6 is 11.6 Å².